The molecule has 2 aromatic heterocycles. The van der Waals surface area contributed by atoms with Crippen LogP contribution in [0.2, 0.25) is 0 Å². The number of hydrogen-bond donors (Lipinski definition) is 2. The molecule has 4 aromatic rings. The molecule has 3 saturated heterocycles. The maximum atomic E-state index is 16.6. The number of aromatic nitrogens is 3. The summed E-state index contributed by atoms with van der Waals surface area (Å²) in [5.74, 6) is -0.134. The lowest BCUT2D eigenvalue weighted by molar-refractivity contribution is 0.107. The Morgan fingerprint density at radius 3 is 2.69 bits per heavy atom. The standard InChI is InChI=1S/C32H35F2N5O3/c1-18-10-22(40)11-19(2)39(18)30-26-15-35-28(25-13-23(41)12-20-6-3-4-7-24(20)25)27(34)29(26)36-31(37-30)42-17-32-8-5-9-38(32)16-21(33)14-32/h3-4,6-7,12-13,15,18-19,21-22,40-41H,5,8-11,14,16-17H2,1-2H3/t18?,19?,21-,22?,32+/m1/s1. The maximum absolute atomic E-state index is 16.6. The van der Waals surface area contributed by atoms with Gasteiger partial charge in [-0.15, -0.1) is 0 Å². The number of rotatable bonds is 5. The Balaban J connectivity index is 1.37. The van der Waals surface area contributed by atoms with Crippen LogP contribution in [0.1, 0.15) is 46.0 Å². The fourth-order valence-electron chi connectivity index (χ4n) is 7.57. The molecule has 3 aliphatic rings. The van der Waals surface area contributed by atoms with E-state index in [1.54, 1.807) is 12.3 Å². The van der Waals surface area contributed by atoms with Crippen molar-refractivity contribution in [1.82, 2.24) is 19.9 Å². The number of nitrogens with zero attached hydrogens (tertiary/aromatic N) is 5. The van der Waals surface area contributed by atoms with Crippen molar-refractivity contribution in [2.45, 2.75) is 75.8 Å². The molecular weight excluding hydrogens is 540 g/mol. The van der Waals surface area contributed by atoms with E-state index in [-0.39, 0.29) is 41.7 Å². The smallest absolute Gasteiger partial charge is 0.319 e. The minimum absolute atomic E-state index is 0.00928. The zero-order chi connectivity index (χ0) is 29.2. The van der Waals surface area contributed by atoms with Gasteiger partial charge in [-0.1, -0.05) is 24.3 Å². The van der Waals surface area contributed by atoms with Crippen molar-refractivity contribution in [3.05, 3.63) is 48.4 Å². The lowest BCUT2D eigenvalue weighted by atomic mass is 9.94. The van der Waals surface area contributed by atoms with Crippen LogP contribution in [0.3, 0.4) is 0 Å². The topological polar surface area (TPSA) is 94.8 Å². The Kier molecular flexibility index (Phi) is 6.66. The van der Waals surface area contributed by atoms with Gasteiger partial charge in [0.05, 0.1) is 17.0 Å². The number of hydrogen-bond acceptors (Lipinski definition) is 8. The van der Waals surface area contributed by atoms with E-state index in [1.807, 2.05) is 38.1 Å². The highest BCUT2D eigenvalue weighted by Gasteiger charge is 2.49. The molecule has 2 N–H and O–H groups in total. The van der Waals surface area contributed by atoms with Crippen LogP contribution in [0.4, 0.5) is 14.6 Å². The average molecular weight is 576 g/mol. The van der Waals surface area contributed by atoms with Gasteiger partial charge in [0.15, 0.2) is 5.82 Å². The molecule has 8 nitrogen and oxygen atoms in total. The third-order valence-electron chi connectivity index (χ3n) is 9.40. The zero-order valence-corrected chi connectivity index (χ0v) is 23.8. The average Bonchev–Trinajstić information content (AvgIpc) is 3.47. The fourth-order valence-corrected chi connectivity index (χ4v) is 7.57. The number of phenolic OH excluding ortho intramolecular Hbond substituents is 1. The number of alkyl halides is 1. The molecule has 3 aliphatic heterocycles. The van der Waals surface area contributed by atoms with Crippen molar-refractivity contribution < 1.29 is 23.7 Å². The molecule has 5 heterocycles. The molecule has 0 spiro atoms. The first-order valence-electron chi connectivity index (χ1n) is 14.8. The summed E-state index contributed by atoms with van der Waals surface area (Å²) in [6.07, 6.45) is 3.56. The molecule has 0 amide bonds. The van der Waals surface area contributed by atoms with Gasteiger partial charge < -0.3 is 19.8 Å². The lowest BCUT2D eigenvalue weighted by Crippen LogP contribution is -2.49. The number of halogens is 2. The highest BCUT2D eigenvalue weighted by Crippen LogP contribution is 2.42. The molecule has 0 saturated carbocycles. The molecule has 10 heteroatoms. The molecule has 3 fully saturated rings. The first kappa shape index (κ1) is 27.2. The van der Waals surface area contributed by atoms with Crippen LogP contribution in [0.25, 0.3) is 32.9 Å². The van der Waals surface area contributed by atoms with Crippen molar-refractivity contribution in [3.8, 4) is 23.0 Å². The summed E-state index contributed by atoms with van der Waals surface area (Å²) in [7, 11) is 0. The maximum Gasteiger partial charge on any atom is 0.319 e. The van der Waals surface area contributed by atoms with Gasteiger partial charge >= 0.3 is 6.01 Å². The zero-order valence-electron chi connectivity index (χ0n) is 23.8. The molecule has 4 atom stereocenters. The third-order valence-corrected chi connectivity index (χ3v) is 9.40. The van der Waals surface area contributed by atoms with E-state index in [9.17, 15) is 14.6 Å². The quantitative estimate of drug-likeness (QED) is 0.328. The summed E-state index contributed by atoms with van der Waals surface area (Å²) in [6, 6.07) is 10.5. The van der Waals surface area contributed by atoms with Crippen LogP contribution < -0.4 is 9.64 Å². The summed E-state index contributed by atoms with van der Waals surface area (Å²) in [5, 5.41) is 22.8. The molecule has 220 valence electrons. The molecule has 2 aromatic carbocycles. The van der Waals surface area contributed by atoms with Gasteiger partial charge in [-0.2, -0.15) is 9.97 Å². The number of benzene rings is 2. The van der Waals surface area contributed by atoms with E-state index in [2.05, 4.69) is 19.8 Å². The summed E-state index contributed by atoms with van der Waals surface area (Å²) in [5.41, 5.74) is 0.178. The van der Waals surface area contributed by atoms with Crippen LogP contribution in [0.15, 0.2) is 42.6 Å². The van der Waals surface area contributed by atoms with Gasteiger partial charge in [0.25, 0.3) is 0 Å². The SMILES string of the molecule is CC1CC(O)CC(C)N1c1nc(OC[C@@]23CCCN2C[C@H](F)C3)nc2c(F)c(-c3cc(O)cc4ccccc34)ncc12. The highest BCUT2D eigenvalue weighted by molar-refractivity contribution is 6.00. The molecule has 0 radical (unpaired) electrons. The number of phenols is 1. The van der Waals surface area contributed by atoms with Crippen LogP contribution in [-0.2, 0) is 0 Å². The monoisotopic (exact) mass is 575 g/mol. The normalized spacial score (nSPS) is 28.1. The van der Waals surface area contributed by atoms with Gasteiger partial charge in [-0.25, -0.2) is 8.78 Å². The number of aliphatic hydroxyl groups excluding tert-OH is 1. The Bertz CT molecular complexity index is 1660. The second-order valence-electron chi connectivity index (χ2n) is 12.3. The minimum Gasteiger partial charge on any atom is -0.508 e. The minimum atomic E-state index is -0.897. The van der Waals surface area contributed by atoms with Crippen LogP contribution in [-0.4, -0.2) is 79.7 Å². The van der Waals surface area contributed by atoms with E-state index in [1.165, 1.54) is 6.07 Å². The summed E-state index contributed by atoms with van der Waals surface area (Å²) < 4.78 is 37.2. The van der Waals surface area contributed by atoms with E-state index in [4.69, 9.17) is 9.72 Å². The first-order chi connectivity index (χ1) is 20.2. The second kappa shape index (κ2) is 10.3. The summed E-state index contributed by atoms with van der Waals surface area (Å²) >= 11 is 0. The number of piperidine rings is 1. The fraction of sp³-hybridized carbons (Fsp3) is 0.469. The van der Waals surface area contributed by atoms with E-state index >= 15 is 4.39 Å². The number of aliphatic hydroxyl groups is 1. The third kappa shape index (κ3) is 4.52. The molecule has 0 bridgehead atoms. The Morgan fingerprint density at radius 2 is 1.88 bits per heavy atom. The molecular formula is C32H35F2N5O3. The Hall–Kier alpha value is -3.63. The van der Waals surface area contributed by atoms with Gasteiger partial charge in [-0.05, 0) is 69.0 Å². The van der Waals surface area contributed by atoms with Gasteiger partial charge in [0.1, 0.15) is 35.6 Å². The van der Waals surface area contributed by atoms with Crippen LogP contribution >= 0.6 is 0 Å². The van der Waals surface area contributed by atoms with E-state index in [0.717, 1.165) is 30.2 Å². The highest BCUT2D eigenvalue weighted by atomic mass is 19.1. The largest absolute Gasteiger partial charge is 0.508 e. The van der Waals surface area contributed by atoms with Gasteiger partial charge in [0.2, 0.25) is 0 Å². The van der Waals surface area contributed by atoms with Gasteiger partial charge in [0, 0.05) is 36.8 Å². The lowest BCUT2D eigenvalue weighted by Gasteiger charge is -2.42. The van der Waals surface area contributed by atoms with Crippen molar-refractivity contribution in [2.75, 3.05) is 24.6 Å². The summed E-state index contributed by atoms with van der Waals surface area (Å²) in [6.45, 7) is 5.48. The molecule has 0 aliphatic carbocycles. The van der Waals surface area contributed by atoms with Crippen LogP contribution in [0, 0.1) is 5.82 Å². The molecule has 2 unspecified atom stereocenters. The number of aromatic hydroxyl groups is 1. The van der Waals surface area contributed by atoms with Gasteiger partial charge in [-0.3, -0.25) is 9.88 Å². The predicted molar refractivity (Wildman–Crippen MR) is 157 cm³/mol. The second-order valence-corrected chi connectivity index (χ2v) is 12.3. The summed E-state index contributed by atoms with van der Waals surface area (Å²) in [4.78, 5) is 18.2. The van der Waals surface area contributed by atoms with Crippen molar-refractivity contribution >= 4 is 27.5 Å². The van der Waals surface area contributed by atoms with Crippen molar-refractivity contribution in [3.63, 3.8) is 0 Å². The molecule has 42 heavy (non-hydrogen) atoms. The first-order valence-corrected chi connectivity index (χ1v) is 14.8. The van der Waals surface area contributed by atoms with E-state index < -0.39 is 23.6 Å². The Labute approximate surface area is 243 Å². The van der Waals surface area contributed by atoms with Crippen molar-refractivity contribution in [1.29, 1.82) is 0 Å². The number of anilines is 1. The number of fused-ring (bicyclic) bond motifs is 3. The predicted octanol–water partition coefficient (Wildman–Crippen LogP) is 5.38. The van der Waals surface area contributed by atoms with Crippen LogP contribution in [0.5, 0.6) is 11.8 Å². The molecule has 7 rings (SSSR count). The van der Waals surface area contributed by atoms with E-state index in [0.29, 0.717) is 42.6 Å². The number of pyridine rings is 1. The number of ether oxygens (including phenoxy) is 1. The Morgan fingerprint density at radius 1 is 1.10 bits per heavy atom. The van der Waals surface area contributed by atoms with Crippen molar-refractivity contribution in [2.24, 2.45) is 0 Å².